The van der Waals surface area contributed by atoms with Crippen molar-refractivity contribution in [1.82, 2.24) is 4.90 Å². The average molecular weight is 214 g/mol. The Kier molecular flexibility index (Phi) is 3.97. The van der Waals surface area contributed by atoms with Crippen LogP contribution in [0.15, 0.2) is 0 Å². The highest BCUT2D eigenvalue weighted by atomic mass is 16.5. The van der Waals surface area contributed by atoms with Gasteiger partial charge in [0, 0.05) is 25.2 Å². The Morgan fingerprint density at radius 1 is 1.33 bits per heavy atom. The quantitative estimate of drug-likeness (QED) is 0.676. The first-order chi connectivity index (χ1) is 7.31. The Labute approximate surface area is 91.4 Å². The van der Waals surface area contributed by atoms with Gasteiger partial charge in [0.1, 0.15) is 0 Å². The number of morpholine rings is 1. The summed E-state index contributed by atoms with van der Waals surface area (Å²) in [5, 5.41) is 9.09. The Morgan fingerprint density at radius 2 is 2.13 bits per heavy atom. The number of hydrogen-bond donors (Lipinski definition) is 2. The van der Waals surface area contributed by atoms with Crippen LogP contribution in [0.4, 0.5) is 0 Å². The molecule has 0 bridgehead atoms. The van der Waals surface area contributed by atoms with Crippen LogP contribution in [-0.4, -0.2) is 54.5 Å². The van der Waals surface area contributed by atoms with Gasteiger partial charge in [0.15, 0.2) is 0 Å². The molecule has 4 heteroatoms. The third-order valence-electron chi connectivity index (χ3n) is 3.62. The fourth-order valence-corrected chi connectivity index (χ4v) is 2.75. The molecule has 2 rings (SSSR count). The van der Waals surface area contributed by atoms with Gasteiger partial charge in [-0.05, 0) is 12.8 Å². The molecule has 88 valence electrons. The van der Waals surface area contributed by atoms with E-state index in [2.05, 4.69) is 4.90 Å². The fourth-order valence-electron chi connectivity index (χ4n) is 2.75. The van der Waals surface area contributed by atoms with Crippen LogP contribution in [0.2, 0.25) is 0 Å². The van der Waals surface area contributed by atoms with E-state index in [1.54, 1.807) is 0 Å². The normalized spacial score (nSPS) is 39.2. The Bertz CT molecular complexity index is 201. The Hall–Kier alpha value is -0.160. The third-order valence-corrected chi connectivity index (χ3v) is 3.62. The van der Waals surface area contributed by atoms with Gasteiger partial charge in [0.25, 0.3) is 0 Å². The van der Waals surface area contributed by atoms with E-state index in [4.69, 9.17) is 15.6 Å². The summed E-state index contributed by atoms with van der Waals surface area (Å²) >= 11 is 0. The van der Waals surface area contributed by atoms with Gasteiger partial charge in [-0.2, -0.15) is 0 Å². The first kappa shape index (κ1) is 11.3. The molecule has 3 atom stereocenters. The highest BCUT2D eigenvalue weighted by Crippen LogP contribution is 2.23. The van der Waals surface area contributed by atoms with Crippen LogP contribution in [-0.2, 0) is 4.74 Å². The second kappa shape index (κ2) is 5.25. The van der Waals surface area contributed by atoms with Crippen LogP contribution in [0.25, 0.3) is 0 Å². The number of rotatable bonds is 2. The van der Waals surface area contributed by atoms with Gasteiger partial charge in [-0.15, -0.1) is 0 Å². The van der Waals surface area contributed by atoms with Crippen LogP contribution in [0, 0.1) is 0 Å². The lowest BCUT2D eigenvalue weighted by Gasteiger charge is -2.42. The van der Waals surface area contributed by atoms with E-state index in [9.17, 15) is 0 Å². The van der Waals surface area contributed by atoms with Crippen LogP contribution in [0.1, 0.15) is 25.7 Å². The van der Waals surface area contributed by atoms with Gasteiger partial charge in [0.2, 0.25) is 0 Å². The molecule has 0 radical (unpaired) electrons. The summed E-state index contributed by atoms with van der Waals surface area (Å²) < 4.78 is 5.45. The van der Waals surface area contributed by atoms with Gasteiger partial charge in [-0.3, -0.25) is 4.90 Å². The van der Waals surface area contributed by atoms with E-state index in [1.807, 2.05) is 0 Å². The van der Waals surface area contributed by atoms with Crippen LogP contribution < -0.4 is 5.73 Å². The molecule has 0 aromatic rings. The van der Waals surface area contributed by atoms with E-state index < -0.39 is 0 Å². The topological polar surface area (TPSA) is 58.7 Å². The van der Waals surface area contributed by atoms with Crippen molar-refractivity contribution >= 4 is 0 Å². The number of nitrogens with two attached hydrogens (primary N) is 1. The second-order valence-corrected chi connectivity index (χ2v) is 4.69. The SMILES string of the molecule is NC1CCCCC1N1CCOC(CO)C1. The first-order valence-electron chi connectivity index (χ1n) is 6.03. The highest BCUT2D eigenvalue weighted by Gasteiger charge is 2.31. The monoisotopic (exact) mass is 214 g/mol. The van der Waals surface area contributed by atoms with Crippen LogP contribution in [0.5, 0.6) is 0 Å². The molecule has 0 amide bonds. The number of hydrogen-bond acceptors (Lipinski definition) is 4. The number of nitrogens with zero attached hydrogens (tertiary/aromatic N) is 1. The highest BCUT2D eigenvalue weighted by molar-refractivity contribution is 4.88. The summed E-state index contributed by atoms with van der Waals surface area (Å²) in [7, 11) is 0. The molecule has 15 heavy (non-hydrogen) atoms. The number of aliphatic hydroxyl groups excluding tert-OH is 1. The minimum atomic E-state index is -0.00660. The number of aliphatic hydroxyl groups is 1. The minimum Gasteiger partial charge on any atom is -0.394 e. The molecule has 1 aliphatic heterocycles. The van der Waals surface area contributed by atoms with Crippen LogP contribution >= 0.6 is 0 Å². The molecule has 2 fully saturated rings. The van der Waals surface area contributed by atoms with Gasteiger partial charge in [-0.1, -0.05) is 12.8 Å². The predicted octanol–water partition coefficient (Wildman–Crippen LogP) is -0.0506. The zero-order valence-corrected chi connectivity index (χ0v) is 9.27. The first-order valence-corrected chi connectivity index (χ1v) is 6.03. The summed E-state index contributed by atoms with van der Waals surface area (Å²) in [4.78, 5) is 2.41. The Morgan fingerprint density at radius 3 is 2.87 bits per heavy atom. The van der Waals surface area contributed by atoms with E-state index in [0.29, 0.717) is 12.1 Å². The summed E-state index contributed by atoms with van der Waals surface area (Å²) in [5.74, 6) is 0. The molecular weight excluding hydrogens is 192 g/mol. The standard InChI is InChI=1S/C11H22N2O2/c12-10-3-1-2-4-11(10)13-5-6-15-9(7-13)8-14/h9-11,14H,1-8,12H2. The van der Waals surface area contributed by atoms with Gasteiger partial charge in [0.05, 0.1) is 19.3 Å². The molecule has 3 unspecified atom stereocenters. The summed E-state index contributed by atoms with van der Waals surface area (Å²) in [5.41, 5.74) is 6.15. The summed E-state index contributed by atoms with van der Waals surface area (Å²) in [6.45, 7) is 2.66. The maximum absolute atomic E-state index is 9.09. The van der Waals surface area contributed by atoms with Crippen molar-refractivity contribution in [3.05, 3.63) is 0 Å². The van der Waals surface area contributed by atoms with E-state index in [0.717, 1.165) is 26.1 Å². The minimum absolute atomic E-state index is 0.00660. The van der Waals surface area contributed by atoms with Crippen molar-refractivity contribution in [2.75, 3.05) is 26.3 Å². The smallest absolute Gasteiger partial charge is 0.0932 e. The van der Waals surface area contributed by atoms with E-state index in [-0.39, 0.29) is 12.7 Å². The van der Waals surface area contributed by atoms with E-state index >= 15 is 0 Å². The molecule has 1 aliphatic carbocycles. The summed E-state index contributed by atoms with van der Waals surface area (Å²) in [6.07, 6.45) is 4.91. The maximum atomic E-state index is 9.09. The van der Waals surface area contributed by atoms with Crippen molar-refractivity contribution < 1.29 is 9.84 Å². The van der Waals surface area contributed by atoms with Crippen LogP contribution in [0.3, 0.4) is 0 Å². The second-order valence-electron chi connectivity index (χ2n) is 4.69. The largest absolute Gasteiger partial charge is 0.394 e. The maximum Gasteiger partial charge on any atom is 0.0932 e. The molecule has 0 aromatic heterocycles. The van der Waals surface area contributed by atoms with Gasteiger partial charge >= 0.3 is 0 Å². The Balaban J connectivity index is 1.90. The van der Waals surface area contributed by atoms with Crippen molar-refractivity contribution in [3.8, 4) is 0 Å². The predicted molar refractivity (Wildman–Crippen MR) is 58.6 cm³/mol. The summed E-state index contributed by atoms with van der Waals surface area (Å²) in [6, 6.07) is 0.827. The lowest BCUT2D eigenvalue weighted by atomic mass is 9.89. The molecule has 1 heterocycles. The number of ether oxygens (including phenoxy) is 1. The molecule has 2 aliphatic rings. The lowest BCUT2D eigenvalue weighted by molar-refractivity contribution is -0.0707. The molecule has 1 saturated heterocycles. The average Bonchev–Trinajstić information content (AvgIpc) is 2.30. The fraction of sp³-hybridized carbons (Fsp3) is 1.00. The molecule has 0 aromatic carbocycles. The molecule has 1 saturated carbocycles. The molecule has 4 nitrogen and oxygen atoms in total. The zero-order valence-electron chi connectivity index (χ0n) is 9.27. The zero-order chi connectivity index (χ0) is 10.7. The van der Waals surface area contributed by atoms with Gasteiger partial charge in [-0.25, -0.2) is 0 Å². The van der Waals surface area contributed by atoms with Crippen molar-refractivity contribution in [2.45, 2.75) is 43.9 Å². The van der Waals surface area contributed by atoms with Crippen molar-refractivity contribution in [2.24, 2.45) is 5.73 Å². The van der Waals surface area contributed by atoms with Crippen molar-refractivity contribution in [1.29, 1.82) is 0 Å². The molecule has 0 spiro atoms. The lowest BCUT2D eigenvalue weighted by Crippen LogP contribution is -2.55. The van der Waals surface area contributed by atoms with Gasteiger partial charge < -0.3 is 15.6 Å². The van der Waals surface area contributed by atoms with E-state index in [1.165, 1.54) is 19.3 Å². The van der Waals surface area contributed by atoms with Crippen molar-refractivity contribution in [3.63, 3.8) is 0 Å². The molecular formula is C11H22N2O2. The molecule has 3 N–H and O–H groups in total. The third kappa shape index (κ3) is 2.69.